The lowest BCUT2D eigenvalue weighted by atomic mass is 9.81. The molecule has 1 saturated heterocycles. The fourth-order valence-electron chi connectivity index (χ4n) is 3.74. The monoisotopic (exact) mass is 533 g/mol. The average molecular weight is 534 g/mol. The molecule has 2 heterocycles. The first-order valence-electron chi connectivity index (χ1n) is 9.95. The van der Waals surface area contributed by atoms with E-state index in [-0.39, 0.29) is 33.7 Å². The first-order chi connectivity index (χ1) is 15.7. The minimum atomic E-state index is -4.41. The van der Waals surface area contributed by atoms with Crippen molar-refractivity contribution in [2.45, 2.75) is 17.2 Å². The number of benzene rings is 2. The number of aromatic nitrogens is 1. The third-order valence-electron chi connectivity index (χ3n) is 5.33. The van der Waals surface area contributed by atoms with Crippen molar-refractivity contribution >= 4 is 49.7 Å². The summed E-state index contributed by atoms with van der Waals surface area (Å²) in [6.45, 7) is 1.60. The molecule has 33 heavy (non-hydrogen) atoms. The SMILES string of the molecule is O=S(=O)(Nc1ncc(Cl)s1)c1cc(F)c(OCC2CNCC[C@H]2c2ccc(Cl)cc2)cc1F. The first kappa shape index (κ1) is 24.2. The van der Waals surface area contributed by atoms with Gasteiger partial charge in [0.2, 0.25) is 0 Å². The molecule has 12 heteroatoms. The Morgan fingerprint density at radius 3 is 2.64 bits per heavy atom. The molecule has 1 fully saturated rings. The molecular formula is C21H19Cl2F2N3O3S2. The van der Waals surface area contributed by atoms with Crippen molar-refractivity contribution in [3.8, 4) is 5.75 Å². The molecule has 176 valence electrons. The van der Waals surface area contributed by atoms with Crippen LogP contribution in [-0.4, -0.2) is 33.1 Å². The molecule has 0 saturated carbocycles. The van der Waals surface area contributed by atoms with Gasteiger partial charge in [-0.1, -0.05) is 46.7 Å². The Bertz CT molecular complexity index is 1240. The number of thiazole rings is 1. The fraction of sp³-hybridized carbons (Fsp3) is 0.286. The summed E-state index contributed by atoms with van der Waals surface area (Å²) in [5.41, 5.74) is 1.09. The molecule has 1 unspecified atom stereocenters. The van der Waals surface area contributed by atoms with Crippen LogP contribution in [0.5, 0.6) is 5.75 Å². The van der Waals surface area contributed by atoms with Crippen LogP contribution in [0.25, 0.3) is 0 Å². The number of sulfonamides is 1. The van der Waals surface area contributed by atoms with Gasteiger partial charge in [0.1, 0.15) is 15.0 Å². The molecule has 6 nitrogen and oxygen atoms in total. The van der Waals surface area contributed by atoms with E-state index in [1.807, 2.05) is 24.3 Å². The van der Waals surface area contributed by atoms with Crippen LogP contribution in [0.4, 0.5) is 13.9 Å². The standard InChI is InChI=1S/C21H19Cl2F2N3O3S2/c22-14-3-1-12(2-4-14)15-5-6-26-9-13(15)11-31-18-7-17(25)19(8-16(18)24)33(29,30)28-21-27-10-20(23)32-21/h1-4,7-8,10,13,15,26H,5-6,9,11H2,(H,27,28)/t13?,15-/m0/s1. The molecule has 4 rings (SSSR count). The molecule has 3 aromatic rings. The normalized spacial score (nSPS) is 18.8. The van der Waals surface area contributed by atoms with Crippen LogP contribution in [-0.2, 0) is 10.0 Å². The highest BCUT2D eigenvalue weighted by molar-refractivity contribution is 7.93. The Labute approximate surface area is 204 Å². The zero-order chi connectivity index (χ0) is 23.6. The number of hydrogen-bond donors (Lipinski definition) is 2. The van der Waals surface area contributed by atoms with Gasteiger partial charge in [-0.2, -0.15) is 0 Å². The molecule has 0 amide bonds. The highest BCUT2D eigenvalue weighted by Gasteiger charge is 2.28. The number of rotatable bonds is 7. The van der Waals surface area contributed by atoms with Crippen molar-refractivity contribution in [1.82, 2.24) is 10.3 Å². The van der Waals surface area contributed by atoms with Crippen LogP contribution in [0.15, 0.2) is 47.5 Å². The van der Waals surface area contributed by atoms with Gasteiger partial charge in [0.15, 0.2) is 16.7 Å². The van der Waals surface area contributed by atoms with Crippen LogP contribution < -0.4 is 14.8 Å². The third kappa shape index (κ3) is 5.75. The molecular weight excluding hydrogens is 515 g/mol. The van der Waals surface area contributed by atoms with Crippen LogP contribution in [0.2, 0.25) is 9.36 Å². The maximum atomic E-state index is 14.7. The maximum Gasteiger partial charge on any atom is 0.266 e. The zero-order valence-corrected chi connectivity index (χ0v) is 20.2. The lowest BCUT2D eigenvalue weighted by Crippen LogP contribution is -2.38. The number of hydrogen-bond acceptors (Lipinski definition) is 6. The van der Waals surface area contributed by atoms with E-state index in [0.717, 1.165) is 35.9 Å². The molecule has 2 atom stereocenters. The molecule has 0 bridgehead atoms. The Kier molecular flexibility index (Phi) is 7.40. The van der Waals surface area contributed by atoms with Gasteiger partial charge >= 0.3 is 0 Å². The van der Waals surface area contributed by atoms with Gasteiger partial charge in [0.05, 0.1) is 12.8 Å². The number of ether oxygens (including phenoxy) is 1. The lowest BCUT2D eigenvalue weighted by molar-refractivity contribution is 0.190. The van der Waals surface area contributed by atoms with Crippen molar-refractivity contribution in [3.63, 3.8) is 0 Å². The Morgan fingerprint density at radius 2 is 1.94 bits per heavy atom. The predicted molar refractivity (Wildman–Crippen MR) is 125 cm³/mol. The summed E-state index contributed by atoms with van der Waals surface area (Å²) in [6.07, 6.45) is 2.10. The van der Waals surface area contributed by atoms with Crippen molar-refractivity contribution in [1.29, 1.82) is 0 Å². The lowest BCUT2D eigenvalue weighted by Gasteiger charge is -2.32. The zero-order valence-electron chi connectivity index (χ0n) is 17.0. The molecule has 1 aromatic heterocycles. The second-order valence-corrected chi connectivity index (χ2v) is 11.3. The number of nitrogens with one attached hydrogen (secondary N) is 2. The fourth-order valence-corrected chi connectivity index (χ4v) is 5.99. The van der Waals surface area contributed by atoms with E-state index in [4.69, 9.17) is 27.9 Å². The average Bonchev–Trinajstić information content (AvgIpc) is 3.18. The van der Waals surface area contributed by atoms with E-state index in [2.05, 4.69) is 15.0 Å². The third-order valence-corrected chi connectivity index (χ3v) is 8.10. The summed E-state index contributed by atoms with van der Waals surface area (Å²) in [5.74, 6) is -2.32. The number of anilines is 1. The largest absolute Gasteiger partial charge is 0.490 e. The van der Waals surface area contributed by atoms with E-state index in [1.165, 1.54) is 6.20 Å². The number of halogens is 4. The van der Waals surface area contributed by atoms with Gasteiger partial charge in [-0.15, -0.1) is 0 Å². The highest BCUT2D eigenvalue weighted by atomic mass is 35.5. The van der Waals surface area contributed by atoms with Crippen molar-refractivity contribution in [2.24, 2.45) is 5.92 Å². The molecule has 2 N–H and O–H groups in total. The summed E-state index contributed by atoms with van der Waals surface area (Å²) in [6, 6.07) is 8.88. The second kappa shape index (κ2) is 10.1. The minimum Gasteiger partial charge on any atom is -0.490 e. The maximum absolute atomic E-state index is 14.7. The molecule has 0 radical (unpaired) electrons. The summed E-state index contributed by atoms with van der Waals surface area (Å²) >= 11 is 12.6. The predicted octanol–water partition coefficient (Wildman–Crippen LogP) is 5.30. The number of nitrogens with zero attached hydrogens (tertiary/aromatic N) is 1. The Balaban J connectivity index is 1.49. The van der Waals surface area contributed by atoms with E-state index in [1.54, 1.807) is 0 Å². The number of piperidine rings is 1. The summed E-state index contributed by atoms with van der Waals surface area (Å²) in [4.78, 5) is 2.91. The van der Waals surface area contributed by atoms with Gasteiger partial charge in [-0.05, 0) is 36.6 Å². The topological polar surface area (TPSA) is 80.3 Å². The molecule has 0 spiro atoms. The Hall–Kier alpha value is -1.98. The Morgan fingerprint density at radius 1 is 1.18 bits per heavy atom. The van der Waals surface area contributed by atoms with Gasteiger partial charge < -0.3 is 10.1 Å². The van der Waals surface area contributed by atoms with Crippen LogP contribution in [0.1, 0.15) is 17.9 Å². The van der Waals surface area contributed by atoms with Crippen molar-refractivity contribution in [3.05, 3.63) is 69.2 Å². The smallest absolute Gasteiger partial charge is 0.266 e. The van der Waals surface area contributed by atoms with E-state index < -0.39 is 26.6 Å². The molecule has 1 aliphatic rings. The van der Waals surface area contributed by atoms with Crippen LogP contribution in [0.3, 0.4) is 0 Å². The van der Waals surface area contributed by atoms with Crippen LogP contribution in [0, 0.1) is 17.6 Å². The van der Waals surface area contributed by atoms with E-state index >= 15 is 0 Å². The van der Waals surface area contributed by atoms with Gasteiger partial charge in [0, 0.05) is 29.6 Å². The van der Waals surface area contributed by atoms with Crippen LogP contribution >= 0.6 is 34.5 Å². The second-order valence-electron chi connectivity index (χ2n) is 7.51. The summed E-state index contributed by atoms with van der Waals surface area (Å²) in [7, 11) is -4.41. The molecule has 2 aromatic carbocycles. The highest BCUT2D eigenvalue weighted by Crippen LogP contribution is 2.33. The van der Waals surface area contributed by atoms with Crippen molar-refractivity contribution in [2.75, 3.05) is 24.4 Å². The minimum absolute atomic E-state index is 0.00196. The van der Waals surface area contributed by atoms with E-state index in [9.17, 15) is 17.2 Å². The molecule has 0 aliphatic carbocycles. The summed E-state index contributed by atoms with van der Waals surface area (Å²) < 4.78 is 62.2. The van der Waals surface area contributed by atoms with Gasteiger partial charge in [0.25, 0.3) is 10.0 Å². The first-order valence-corrected chi connectivity index (χ1v) is 13.0. The quantitative estimate of drug-likeness (QED) is 0.430. The van der Waals surface area contributed by atoms with Gasteiger partial charge in [-0.3, -0.25) is 4.72 Å². The van der Waals surface area contributed by atoms with Crippen molar-refractivity contribution < 1.29 is 21.9 Å². The molecule has 1 aliphatic heterocycles. The summed E-state index contributed by atoms with van der Waals surface area (Å²) in [5, 5.41) is 3.87. The van der Waals surface area contributed by atoms with E-state index in [0.29, 0.717) is 17.6 Å². The van der Waals surface area contributed by atoms with Gasteiger partial charge in [-0.25, -0.2) is 22.2 Å².